The molecule has 46 valence electrons. The van der Waals surface area contributed by atoms with E-state index in [0.29, 0.717) is 9.71 Å². The van der Waals surface area contributed by atoms with Crippen molar-refractivity contribution in [3.63, 3.8) is 0 Å². The summed E-state index contributed by atoms with van der Waals surface area (Å²) in [5.74, 6) is 1.21. The molecule has 0 radical (unpaired) electrons. The van der Waals surface area contributed by atoms with Crippen LogP contribution in [-0.4, -0.2) is 3.79 Å². The molecule has 0 N–H and O–H groups in total. The predicted octanol–water partition coefficient (Wildman–Crippen LogP) is 1.99. The number of hydrogen-bond donors (Lipinski definition) is 0. The van der Waals surface area contributed by atoms with E-state index >= 15 is 0 Å². The summed E-state index contributed by atoms with van der Waals surface area (Å²) in [4.78, 5) is 10.6. The Morgan fingerprint density at radius 2 is 2.12 bits per heavy atom. The van der Waals surface area contributed by atoms with Gasteiger partial charge < -0.3 is 0 Å². The van der Waals surface area contributed by atoms with E-state index < -0.39 is 0 Å². The Balaban J connectivity index is 2.25. The molecule has 1 fully saturated rings. The van der Waals surface area contributed by atoms with Crippen molar-refractivity contribution in [1.29, 1.82) is 0 Å². The zero-order valence-corrected chi connectivity index (χ0v) is 7.01. The Morgan fingerprint density at radius 3 is 2.25 bits per heavy atom. The summed E-state index contributed by atoms with van der Waals surface area (Å²) in [6.45, 7) is 2.19. The van der Waals surface area contributed by atoms with Gasteiger partial charge >= 0.3 is 0 Å². The molecule has 0 spiro atoms. The van der Waals surface area contributed by atoms with Crippen LogP contribution in [0.15, 0.2) is 0 Å². The molecule has 8 heavy (non-hydrogen) atoms. The van der Waals surface area contributed by atoms with E-state index in [-0.39, 0.29) is 0 Å². The largest absolute Gasteiger partial charge is 0.287 e. The molecule has 2 heteroatoms. The molecular formula is C6H9IO. The molecule has 1 aliphatic carbocycles. The Labute approximate surface area is 63.0 Å². The van der Waals surface area contributed by atoms with Gasteiger partial charge in [0.25, 0.3) is 0 Å². The van der Waals surface area contributed by atoms with Gasteiger partial charge in [-0.15, -0.1) is 0 Å². The van der Waals surface area contributed by atoms with Crippen molar-refractivity contribution < 1.29 is 4.79 Å². The standard InChI is InChI=1S/C6H9IO/c1-4-2-5(3-4)6(7)8/h4-5H,2-3H2,1H3/t4-,5+. The SMILES string of the molecule is C[C@H]1C[C@@H](C(=O)I)C1. The fraction of sp³-hybridized carbons (Fsp3) is 0.833. The van der Waals surface area contributed by atoms with E-state index in [1.807, 2.05) is 22.6 Å². The van der Waals surface area contributed by atoms with Crippen LogP contribution in [0.3, 0.4) is 0 Å². The summed E-state index contributed by atoms with van der Waals surface area (Å²) in [5.41, 5.74) is 0. The molecule has 1 saturated carbocycles. The van der Waals surface area contributed by atoms with Crippen LogP contribution in [0.5, 0.6) is 0 Å². The van der Waals surface area contributed by atoms with Crippen molar-refractivity contribution in [3.05, 3.63) is 0 Å². The summed E-state index contributed by atoms with van der Waals surface area (Å²) in [7, 11) is 0. The summed E-state index contributed by atoms with van der Waals surface area (Å²) >= 11 is 1.89. The van der Waals surface area contributed by atoms with Crippen LogP contribution in [0.1, 0.15) is 19.8 Å². The van der Waals surface area contributed by atoms with Crippen molar-refractivity contribution in [3.8, 4) is 0 Å². The highest BCUT2D eigenvalue weighted by Gasteiger charge is 2.29. The molecule has 1 rings (SSSR count). The predicted molar refractivity (Wildman–Crippen MR) is 40.9 cm³/mol. The summed E-state index contributed by atoms with van der Waals surface area (Å²) < 4.78 is 0.348. The maximum Gasteiger partial charge on any atom is 0.195 e. The average Bonchev–Trinajstić information content (AvgIpc) is 1.57. The Hall–Kier alpha value is 0.400. The lowest BCUT2D eigenvalue weighted by Crippen LogP contribution is -2.25. The fourth-order valence-corrected chi connectivity index (χ4v) is 1.60. The normalized spacial score (nSPS) is 36.2. The lowest BCUT2D eigenvalue weighted by atomic mass is 9.77. The van der Waals surface area contributed by atoms with E-state index in [9.17, 15) is 4.79 Å². The molecule has 0 amide bonds. The molecule has 0 unspecified atom stereocenters. The Kier molecular flexibility index (Phi) is 1.90. The number of halogens is 1. The smallest absolute Gasteiger partial charge is 0.195 e. The van der Waals surface area contributed by atoms with Crippen LogP contribution in [-0.2, 0) is 4.79 Å². The van der Waals surface area contributed by atoms with E-state index in [1.165, 1.54) is 0 Å². The third-order valence-corrected chi connectivity index (χ3v) is 2.58. The van der Waals surface area contributed by atoms with Gasteiger partial charge in [-0.25, -0.2) is 0 Å². The van der Waals surface area contributed by atoms with E-state index in [2.05, 4.69) is 6.92 Å². The first-order chi connectivity index (χ1) is 3.70. The number of carbonyl (C=O) groups is 1. The van der Waals surface area contributed by atoms with Crippen molar-refractivity contribution in [2.24, 2.45) is 11.8 Å². The fourth-order valence-electron chi connectivity index (χ4n) is 1.09. The Bertz CT molecular complexity index is 105. The molecule has 0 aliphatic heterocycles. The van der Waals surface area contributed by atoms with E-state index in [4.69, 9.17) is 0 Å². The lowest BCUT2D eigenvalue weighted by Gasteiger charge is -2.29. The molecule has 0 aromatic rings. The quantitative estimate of drug-likeness (QED) is 0.491. The molecule has 0 saturated heterocycles. The molecule has 0 aromatic carbocycles. The van der Waals surface area contributed by atoms with Crippen LogP contribution in [0, 0.1) is 11.8 Å². The highest BCUT2D eigenvalue weighted by molar-refractivity contribution is 14.1. The van der Waals surface area contributed by atoms with E-state index in [0.717, 1.165) is 18.8 Å². The zero-order chi connectivity index (χ0) is 6.15. The molecule has 0 heterocycles. The van der Waals surface area contributed by atoms with Gasteiger partial charge in [0, 0.05) is 5.92 Å². The second-order valence-corrected chi connectivity index (χ2v) is 3.64. The maximum absolute atomic E-state index is 10.6. The highest BCUT2D eigenvalue weighted by atomic mass is 127. The van der Waals surface area contributed by atoms with Crippen LogP contribution in [0.25, 0.3) is 0 Å². The molecule has 0 aromatic heterocycles. The van der Waals surface area contributed by atoms with Gasteiger partial charge in [0.2, 0.25) is 0 Å². The monoisotopic (exact) mass is 224 g/mol. The first-order valence-electron chi connectivity index (χ1n) is 2.89. The minimum absolute atomic E-state index is 0.348. The average molecular weight is 224 g/mol. The summed E-state index contributed by atoms with van der Waals surface area (Å²) in [5, 5.41) is 0. The minimum atomic E-state index is 0.348. The highest BCUT2D eigenvalue weighted by Crippen LogP contribution is 2.34. The van der Waals surface area contributed by atoms with Crippen LogP contribution in [0.4, 0.5) is 0 Å². The van der Waals surface area contributed by atoms with Crippen LogP contribution in [0.2, 0.25) is 0 Å². The van der Waals surface area contributed by atoms with Crippen molar-refractivity contribution >= 4 is 26.4 Å². The van der Waals surface area contributed by atoms with Gasteiger partial charge in [-0.1, -0.05) is 6.92 Å². The summed E-state index contributed by atoms with van der Waals surface area (Å²) in [6.07, 6.45) is 2.25. The van der Waals surface area contributed by atoms with Gasteiger partial charge in [0.1, 0.15) is 0 Å². The third kappa shape index (κ3) is 1.21. The molecule has 0 bridgehead atoms. The van der Waals surface area contributed by atoms with Gasteiger partial charge in [0.15, 0.2) is 3.79 Å². The van der Waals surface area contributed by atoms with Gasteiger partial charge in [0.05, 0.1) is 0 Å². The number of carbonyl (C=O) groups excluding carboxylic acids is 1. The second kappa shape index (κ2) is 2.33. The second-order valence-electron chi connectivity index (χ2n) is 2.58. The molecule has 0 atom stereocenters. The summed E-state index contributed by atoms with van der Waals surface area (Å²) in [6, 6.07) is 0. The maximum atomic E-state index is 10.6. The first-order valence-corrected chi connectivity index (χ1v) is 3.97. The number of rotatable bonds is 1. The van der Waals surface area contributed by atoms with Crippen LogP contribution < -0.4 is 0 Å². The van der Waals surface area contributed by atoms with Crippen LogP contribution >= 0.6 is 22.6 Å². The van der Waals surface area contributed by atoms with E-state index in [1.54, 1.807) is 0 Å². The third-order valence-electron chi connectivity index (χ3n) is 1.69. The molecule has 1 nitrogen and oxygen atoms in total. The van der Waals surface area contributed by atoms with Gasteiger partial charge in [-0.3, -0.25) is 4.79 Å². The minimum Gasteiger partial charge on any atom is -0.287 e. The number of hydrogen-bond acceptors (Lipinski definition) is 1. The van der Waals surface area contributed by atoms with Crippen molar-refractivity contribution in [2.45, 2.75) is 19.8 Å². The van der Waals surface area contributed by atoms with Crippen molar-refractivity contribution in [1.82, 2.24) is 0 Å². The molecular weight excluding hydrogens is 215 g/mol. The topological polar surface area (TPSA) is 17.1 Å². The lowest BCUT2D eigenvalue weighted by molar-refractivity contribution is -0.116. The first kappa shape index (κ1) is 6.52. The molecule has 1 aliphatic rings. The van der Waals surface area contributed by atoms with Gasteiger partial charge in [-0.05, 0) is 41.4 Å². The van der Waals surface area contributed by atoms with Gasteiger partial charge in [-0.2, -0.15) is 0 Å². The van der Waals surface area contributed by atoms with Crippen molar-refractivity contribution in [2.75, 3.05) is 0 Å². The Morgan fingerprint density at radius 1 is 1.62 bits per heavy atom. The zero-order valence-electron chi connectivity index (χ0n) is 4.86.